The number of halogens is 1. The second-order valence-electron chi connectivity index (χ2n) is 3.46. The van der Waals surface area contributed by atoms with E-state index in [0.29, 0.717) is 22.6 Å². The van der Waals surface area contributed by atoms with E-state index in [4.69, 9.17) is 4.52 Å². The zero-order valence-electron chi connectivity index (χ0n) is 9.11. The number of aromatic nitrogens is 2. The average molecular weight is 296 g/mol. The largest absolute Gasteiger partial charge is 0.359 e. The number of nitrogens with one attached hydrogen (secondary N) is 1. The molecule has 1 N–H and O–H groups in total. The Morgan fingerprint density at radius 1 is 1.53 bits per heavy atom. The molecule has 0 aliphatic rings. The fourth-order valence-electron chi connectivity index (χ4n) is 1.29. The Kier molecular flexibility index (Phi) is 3.53. The van der Waals surface area contributed by atoms with E-state index in [-0.39, 0.29) is 5.91 Å². The smallest absolute Gasteiger partial charge is 0.270 e. The number of amides is 1. The lowest BCUT2D eigenvalue weighted by molar-refractivity contribution is 0.0942. The van der Waals surface area contributed by atoms with E-state index in [1.807, 2.05) is 6.92 Å². The highest BCUT2D eigenvalue weighted by Gasteiger charge is 2.08. The monoisotopic (exact) mass is 295 g/mol. The number of hydrogen-bond donors (Lipinski definition) is 1. The van der Waals surface area contributed by atoms with Gasteiger partial charge < -0.3 is 9.84 Å². The predicted octanol–water partition coefficient (Wildman–Crippen LogP) is 2.07. The van der Waals surface area contributed by atoms with E-state index in [1.165, 1.54) is 0 Å². The summed E-state index contributed by atoms with van der Waals surface area (Å²) in [5, 5.41) is 6.43. The standard InChI is InChI=1S/C11H10BrN3O2/c1-7-5-8(17-15-7)6-13-11(16)9-3-2-4-10(12)14-9/h2-5H,6H2,1H3,(H,13,16). The molecule has 5 nitrogen and oxygen atoms in total. The van der Waals surface area contributed by atoms with Gasteiger partial charge in [-0.25, -0.2) is 4.98 Å². The molecule has 0 aliphatic heterocycles. The first-order valence-electron chi connectivity index (χ1n) is 4.98. The van der Waals surface area contributed by atoms with E-state index < -0.39 is 0 Å². The normalized spacial score (nSPS) is 10.2. The number of rotatable bonds is 3. The Labute approximate surface area is 106 Å². The molecule has 6 heteroatoms. The third kappa shape index (κ3) is 3.13. The Morgan fingerprint density at radius 3 is 3.00 bits per heavy atom. The van der Waals surface area contributed by atoms with Gasteiger partial charge in [-0.3, -0.25) is 4.79 Å². The SMILES string of the molecule is Cc1cc(CNC(=O)c2cccc(Br)n2)on1. The summed E-state index contributed by atoms with van der Waals surface area (Å²) in [7, 11) is 0. The quantitative estimate of drug-likeness (QED) is 0.880. The van der Waals surface area contributed by atoms with Crippen LogP contribution in [-0.4, -0.2) is 16.0 Å². The Balaban J connectivity index is 1.98. The molecular weight excluding hydrogens is 286 g/mol. The second-order valence-corrected chi connectivity index (χ2v) is 4.28. The van der Waals surface area contributed by atoms with Crippen LogP contribution in [0.2, 0.25) is 0 Å². The maximum atomic E-state index is 11.7. The second kappa shape index (κ2) is 5.09. The lowest BCUT2D eigenvalue weighted by atomic mass is 10.3. The van der Waals surface area contributed by atoms with Gasteiger partial charge in [-0.2, -0.15) is 0 Å². The van der Waals surface area contributed by atoms with Gasteiger partial charge in [-0.05, 0) is 35.0 Å². The highest BCUT2D eigenvalue weighted by Crippen LogP contribution is 2.07. The van der Waals surface area contributed by atoms with Crippen molar-refractivity contribution in [1.82, 2.24) is 15.5 Å². The van der Waals surface area contributed by atoms with Crippen molar-refractivity contribution in [1.29, 1.82) is 0 Å². The number of carbonyl (C=O) groups excluding carboxylic acids is 1. The van der Waals surface area contributed by atoms with Crippen LogP contribution in [0.4, 0.5) is 0 Å². The molecule has 1 amide bonds. The predicted molar refractivity (Wildman–Crippen MR) is 64.3 cm³/mol. The van der Waals surface area contributed by atoms with Gasteiger partial charge in [0.05, 0.1) is 12.2 Å². The van der Waals surface area contributed by atoms with Gasteiger partial charge >= 0.3 is 0 Å². The maximum absolute atomic E-state index is 11.7. The topological polar surface area (TPSA) is 68.0 Å². The highest BCUT2D eigenvalue weighted by atomic mass is 79.9. The number of aryl methyl sites for hydroxylation is 1. The van der Waals surface area contributed by atoms with Crippen molar-refractivity contribution in [3.63, 3.8) is 0 Å². The maximum Gasteiger partial charge on any atom is 0.270 e. The van der Waals surface area contributed by atoms with Gasteiger partial charge in [-0.1, -0.05) is 11.2 Å². The molecule has 2 rings (SSSR count). The summed E-state index contributed by atoms with van der Waals surface area (Å²) in [4.78, 5) is 15.8. The van der Waals surface area contributed by atoms with Crippen molar-refractivity contribution in [2.75, 3.05) is 0 Å². The van der Waals surface area contributed by atoms with E-state index in [9.17, 15) is 4.79 Å². The summed E-state index contributed by atoms with van der Waals surface area (Å²) < 4.78 is 5.61. The Bertz CT molecular complexity index is 539. The van der Waals surface area contributed by atoms with Crippen molar-refractivity contribution in [2.45, 2.75) is 13.5 Å². The lowest BCUT2D eigenvalue weighted by Crippen LogP contribution is -2.23. The first-order chi connectivity index (χ1) is 8.15. The summed E-state index contributed by atoms with van der Waals surface area (Å²) in [6.07, 6.45) is 0. The lowest BCUT2D eigenvalue weighted by Gasteiger charge is -2.02. The number of carbonyl (C=O) groups is 1. The summed E-state index contributed by atoms with van der Waals surface area (Å²) in [6, 6.07) is 6.93. The van der Waals surface area contributed by atoms with Gasteiger partial charge in [0.15, 0.2) is 5.76 Å². The fraction of sp³-hybridized carbons (Fsp3) is 0.182. The van der Waals surface area contributed by atoms with Crippen molar-refractivity contribution in [2.24, 2.45) is 0 Å². The van der Waals surface area contributed by atoms with Crippen molar-refractivity contribution in [3.05, 3.63) is 46.0 Å². The van der Waals surface area contributed by atoms with Crippen LogP contribution in [0.25, 0.3) is 0 Å². The minimum atomic E-state index is -0.250. The number of pyridine rings is 1. The first-order valence-corrected chi connectivity index (χ1v) is 5.77. The van der Waals surface area contributed by atoms with Gasteiger partial charge in [0, 0.05) is 6.07 Å². The van der Waals surface area contributed by atoms with Crippen LogP contribution in [-0.2, 0) is 6.54 Å². The van der Waals surface area contributed by atoms with Gasteiger partial charge in [0.25, 0.3) is 5.91 Å². The third-order valence-electron chi connectivity index (χ3n) is 2.05. The first kappa shape index (κ1) is 11.8. The average Bonchev–Trinajstić information content (AvgIpc) is 2.72. The Hall–Kier alpha value is -1.69. The van der Waals surface area contributed by atoms with Gasteiger partial charge in [-0.15, -0.1) is 0 Å². The summed E-state index contributed by atoms with van der Waals surface area (Å²) in [5.74, 6) is 0.367. The molecule has 0 fully saturated rings. The van der Waals surface area contributed by atoms with Crippen LogP contribution in [0.3, 0.4) is 0 Å². The summed E-state index contributed by atoms with van der Waals surface area (Å²) >= 11 is 3.21. The minimum absolute atomic E-state index is 0.250. The molecule has 0 aliphatic carbocycles. The van der Waals surface area contributed by atoms with Gasteiger partial charge in [0.2, 0.25) is 0 Å². The van der Waals surface area contributed by atoms with Crippen LogP contribution in [0.15, 0.2) is 33.4 Å². The number of nitrogens with zero attached hydrogens (tertiary/aromatic N) is 2. The molecule has 0 bridgehead atoms. The molecule has 0 spiro atoms. The molecule has 0 unspecified atom stereocenters. The third-order valence-corrected chi connectivity index (χ3v) is 2.49. The van der Waals surface area contributed by atoms with Crippen LogP contribution < -0.4 is 5.32 Å². The van der Waals surface area contributed by atoms with E-state index in [1.54, 1.807) is 24.3 Å². The fourth-order valence-corrected chi connectivity index (χ4v) is 1.64. The van der Waals surface area contributed by atoms with Crippen molar-refractivity contribution in [3.8, 4) is 0 Å². The summed E-state index contributed by atoms with van der Waals surface area (Å²) in [6.45, 7) is 2.12. The Morgan fingerprint density at radius 2 is 2.35 bits per heavy atom. The highest BCUT2D eigenvalue weighted by molar-refractivity contribution is 9.10. The molecule has 88 valence electrons. The van der Waals surface area contributed by atoms with Crippen LogP contribution >= 0.6 is 15.9 Å². The number of hydrogen-bond acceptors (Lipinski definition) is 4. The molecular formula is C11H10BrN3O2. The van der Waals surface area contributed by atoms with Crippen molar-refractivity contribution >= 4 is 21.8 Å². The van der Waals surface area contributed by atoms with Gasteiger partial charge in [0.1, 0.15) is 10.3 Å². The minimum Gasteiger partial charge on any atom is -0.359 e. The van der Waals surface area contributed by atoms with Crippen molar-refractivity contribution < 1.29 is 9.32 Å². The molecule has 0 saturated heterocycles. The van der Waals surface area contributed by atoms with Crippen LogP contribution in [0, 0.1) is 6.92 Å². The molecule has 0 saturated carbocycles. The van der Waals surface area contributed by atoms with Crippen LogP contribution in [0.5, 0.6) is 0 Å². The summed E-state index contributed by atoms with van der Waals surface area (Å²) in [5.41, 5.74) is 1.14. The molecule has 2 heterocycles. The van der Waals surface area contributed by atoms with E-state index in [0.717, 1.165) is 5.69 Å². The zero-order valence-corrected chi connectivity index (χ0v) is 10.7. The molecule has 2 aromatic rings. The molecule has 0 atom stereocenters. The van der Waals surface area contributed by atoms with E-state index >= 15 is 0 Å². The van der Waals surface area contributed by atoms with Crippen LogP contribution in [0.1, 0.15) is 21.9 Å². The van der Waals surface area contributed by atoms with E-state index in [2.05, 4.69) is 31.4 Å². The molecule has 17 heavy (non-hydrogen) atoms. The molecule has 0 aromatic carbocycles. The molecule has 2 aromatic heterocycles. The molecule has 0 radical (unpaired) electrons. The zero-order chi connectivity index (χ0) is 12.3.